The molecule has 0 radical (unpaired) electrons. The van der Waals surface area contributed by atoms with Crippen LogP contribution in [0, 0.1) is 5.92 Å². The molecule has 0 amide bonds. The Hall–Kier alpha value is -1.13. The second kappa shape index (κ2) is 5.98. The van der Waals surface area contributed by atoms with Crippen molar-refractivity contribution in [2.24, 2.45) is 11.8 Å². The molecule has 0 bridgehead atoms. The summed E-state index contributed by atoms with van der Waals surface area (Å²) in [5, 5.41) is 0. The second-order valence-electron chi connectivity index (χ2n) is 5.01. The Kier molecular flexibility index (Phi) is 4.34. The molecule has 1 aromatic heterocycles. The summed E-state index contributed by atoms with van der Waals surface area (Å²) >= 11 is 0. The Morgan fingerprint density at radius 2 is 2.18 bits per heavy atom. The summed E-state index contributed by atoms with van der Waals surface area (Å²) in [5.41, 5.74) is 3.65. The summed E-state index contributed by atoms with van der Waals surface area (Å²) < 4.78 is 0. The van der Waals surface area contributed by atoms with Crippen molar-refractivity contribution >= 4 is 5.82 Å². The van der Waals surface area contributed by atoms with Crippen molar-refractivity contribution in [1.82, 2.24) is 9.88 Å². The van der Waals surface area contributed by atoms with Crippen LogP contribution in [0.3, 0.4) is 0 Å². The van der Waals surface area contributed by atoms with Gasteiger partial charge in [0.25, 0.3) is 0 Å². The lowest BCUT2D eigenvalue weighted by molar-refractivity contribution is 0.268. The molecule has 94 valence electrons. The van der Waals surface area contributed by atoms with Gasteiger partial charge in [-0.2, -0.15) is 0 Å². The monoisotopic (exact) mass is 234 g/mol. The number of pyridine rings is 1. The van der Waals surface area contributed by atoms with Gasteiger partial charge in [-0.05, 0) is 37.9 Å². The van der Waals surface area contributed by atoms with E-state index in [2.05, 4.69) is 22.4 Å². The first kappa shape index (κ1) is 12.3. The maximum atomic E-state index is 5.36. The SMILES string of the molecule is CN(Cc1cccc(NN)n1)CC1CCCC1. The first-order valence-electron chi connectivity index (χ1n) is 6.39. The zero-order chi connectivity index (χ0) is 12.1. The molecule has 0 unspecified atom stereocenters. The molecule has 1 saturated carbocycles. The molecule has 0 aromatic carbocycles. The number of anilines is 1. The second-order valence-corrected chi connectivity index (χ2v) is 5.01. The summed E-state index contributed by atoms with van der Waals surface area (Å²) in [6, 6.07) is 5.91. The number of nitrogens with one attached hydrogen (secondary N) is 1. The minimum atomic E-state index is 0.733. The van der Waals surface area contributed by atoms with Gasteiger partial charge in [0.05, 0.1) is 5.69 Å². The molecule has 4 heteroatoms. The lowest BCUT2D eigenvalue weighted by atomic mass is 10.1. The summed E-state index contributed by atoms with van der Waals surface area (Å²) in [5.74, 6) is 6.97. The van der Waals surface area contributed by atoms with Crippen LogP contribution in [0.4, 0.5) is 5.82 Å². The van der Waals surface area contributed by atoms with Crippen LogP contribution < -0.4 is 11.3 Å². The molecule has 2 rings (SSSR count). The Labute approximate surface area is 103 Å². The van der Waals surface area contributed by atoms with E-state index in [1.807, 2.05) is 18.2 Å². The number of rotatable bonds is 5. The highest BCUT2D eigenvalue weighted by molar-refractivity contribution is 5.33. The fraction of sp³-hybridized carbons (Fsp3) is 0.615. The smallest absolute Gasteiger partial charge is 0.140 e. The molecular weight excluding hydrogens is 212 g/mol. The number of nitrogens with zero attached hydrogens (tertiary/aromatic N) is 2. The molecule has 0 atom stereocenters. The van der Waals surface area contributed by atoms with Crippen molar-refractivity contribution in [3.8, 4) is 0 Å². The van der Waals surface area contributed by atoms with Crippen LogP contribution in [-0.4, -0.2) is 23.5 Å². The third-order valence-electron chi connectivity index (χ3n) is 3.43. The van der Waals surface area contributed by atoms with Crippen molar-refractivity contribution in [2.75, 3.05) is 19.0 Å². The first-order chi connectivity index (χ1) is 8.28. The van der Waals surface area contributed by atoms with Gasteiger partial charge in [-0.15, -0.1) is 0 Å². The number of hydrazine groups is 1. The van der Waals surface area contributed by atoms with E-state index in [4.69, 9.17) is 5.84 Å². The number of nitrogens with two attached hydrogens (primary N) is 1. The number of hydrogen-bond acceptors (Lipinski definition) is 4. The van der Waals surface area contributed by atoms with Crippen LogP contribution in [0.2, 0.25) is 0 Å². The number of nitrogen functional groups attached to an aromatic ring is 1. The van der Waals surface area contributed by atoms with E-state index < -0.39 is 0 Å². The molecule has 0 saturated heterocycles. The Bertz CT molecular complexity index is 347. The van der Waals surface area contributed by atoms with Gasteiger partial charge in [-0.25, -0.2) is 10.8 Å². The molecule has 0 spiro atoms. The quantitative estimate of drug-likeness (QED) is 0.604. The Morgan fingerprint density at radius 3 is 2.88 bits per heavy atom. The predicted octanol–water partition coefficient (Wildman–Crippen LogP) is 1.99. The molecule has 0 aliphatic heterocycles. The van der Waals surface area contributed by atoms with Crippen LogP contribution in [-0.2, 0) is 6.54 Å². The highest BCUT2D eigenvalue weighted by Crippen LogP contribution is 2.25. The lowest BCUT2D eigenvalue weighted by Crippen LogP contribution is -2.24. The Balaban J connectivity index is 1.85. The first-order valence-corrected chi connectivity index (χ1v) is 6.39. The fourth-order valence-electron chi connectivity index (χ4n) is 2.62. The van der Waals surface area contributed by atoms with Crippen LogP contribution in [0.15, 0.2) is 18.2 Å². The zero-order valence-electron chi connectivity index (χ0n) is 10.5. The average Bonchev–Trinajstić information content (AvgIpc) is 2.82. The summed E-state index contributed by atoms with van der Waals surface area (Å²) in [6.45, 7) is 2.08. The van der Waals surface area contributed by atoms with Gasteiger partial charge in [0.15, 0.2) is 0 Å². The van der Waals surface area contributed by atoms with Gasteiger partial charge in [-0.3, -0.25) is 0 Å². The highest BCUT2D eigenvalue weighted by Gasteiger charge is 2.16. The van der Waals surface area contributed by atoms with Crippen molar-refractivity contribution in [2.45, 2.75) is 32.2 Å². The standard InChI is InChI=1S/C13H22N4/c1-17(9-11-5-2-3-6-11)10-12-7-4-8-13(15-12)16-14/h4,7-8,11H,2-3,5-6,9-10,14H2,1H3,(H,15,16). The molecule has 4 nitrogen and oxygen atoms in total. The predicted molar refractivity (Wildman–Crippen MR) is 70.3 cm³/mol. The maximum Gasteiger partial charge on any atom is 0.140 e. The topological polar surface area (TPSA) is 54.2 Å². The normalized spacial score (nSPS) is 16.6. The van der Waals surface area contributed by atoms with Gasteiger partial charge < -0.3 is 10.3 Å². The van der Waals surface area contributed by atoms with E-state index in [0.29, 0.717) is 0 Å². The van der Waals surface area contributed by atoms with Crippen molar-refractivity contribution in [3.05, 3.63) is 23.9 Å². The molecule has 1 fully saturated rings. The van der Waals surface area contributed by atoms with Crippen LogP contribution in [0.1, 0.15) is 31.4 Å². The van der Waals surface area contributed by atoms with Crippen LogP contribution >= 0.6 is 0 Å². The van der Waals surface area contributed by atoms with Gasteiger partial charge in [-0.1, -0.05) is 18.9 Å². The summed E-state index contributed by atoms with van der Waals surface area (Å²) in [7, 11) is 2.17. The van der Waals surface area contributed by atoms with Crippen molar-refractivity contribution in [3.63, 3.8) is 0 Å². The van der Waals surface area contributed by atoms with Gasteiger partial charge in [0.2, 0.25) is 0 Å². The minimum absolute atomic E-state index is 0.733. The minimum Gasteiger partial charge on any atom is -0.308 e. The molecule has 1 aromatic rings. The third kappa shape index (κ3) is 3.68. The number of aromatic nitrogens is 1. The van der Waals surface area contributed by atoms with Crippen LogP contribution in [0.5, 0.6) is 0 Å². The highest BCUT2D eigenvalue weighted by atomic mass is 15.2. The third-order valence-corrected chi connectivity index (χ3v) is 3.43. The Morgan fingerprint density at radius 1 is 1.41 bits per heavy atom. The van der Waals surface area contributed by atoms with Gasteiger partial charge in [0.1, 0.15) is 5.82 Å². The number of hydrogen-bond donors (Lipinski definition) is 2. The van der Waals surface area contributed by atoms with E-state index in [0.717, 1.165) is 24.0 Å². The molecule has 1 aliphatic rings. The molecule has 3 N–H and O–H groups in total. The fourth-order valence-corrected chi connectivity index (χ4v) is 2.62. The summed E-state index contributed by atoms with van der Waals surface area (Å²) in [4.78, 5) is 6.79. The molecule has 1 aliphatic carbocycles. The zero-order valence-corrected chi connectivity index (χ0v) is 10.5. The van der Waals surface area contributed by atoms with Crippen molar-refractivity contribution < 1.29 is 0 Å². The van der Waals surface area contributed by atoms with E-state index >= 15 is 0 Å². The molecular formula is C13H22N4. The van der Waals surface area contributed by atoms with E-state index in [1.54, 1.807) is 0 Å². The average molecular weight is 234 g/mol. The lowest BCUT2D eigenvalue weighted by Gasteiger charge is -2.20. The van der Waals surface area contributed by atoms with Gasteiger partial charge in [0, 0.05) is 13.1 Å². The van der Waals surface area contributed by atoms with Crippen molar-refractivity contribution in [1.29, 1.82) is 0 Å². The molecule has 1 heterocycles. The van der Waals surface area contributed by atoms with Gasteiger partial charge >= 0.3 is 0 Å². The summed E-state index contributed by atoms with van der Waals surface area (Å²) in [6.07, 6.45) is 5.59. The van der Waals surface area contributed by atoms with E-state index in [9.17, 15) is 0 Å². The largest absolute Gasteiger partial charge is 0.308 e. The van der Waals surface area contributed by atoms with E-state index in [1.165, 1.54) is 32.2 Å². The van der Waals surface area contributed by atoms with E-state index in [-0.39, 0.29) is 0 Å². The molecule has 17 heavy (non-hydrogen) atoms. The van der Waals surface area contributed by atoms with Crippen LogP contribution in [0.25, 0.3) is 0 Å². The maximum absolute atomic E-state index is 5.36.